The molecule has 7 N–H and O–H groups in total. The zero-order valence-corrected chi connectivity index (χ0v) is 6.50. The smallest absolute Gasteiger partial charge is 0.211 e. The summed E-state index contributed by atoms with van der Waals surface area (Å²) in [4.78, 5) is 0. The fourth-order valence-electron chi connectivity index (χ4n) is 1.15. The fourth-order valence-corrected chi connectivity index (χ4v) is 1.15. The Kier molecular flexibility index (Phi) is 2.99. The number of hydrogen-bond acceptors (Lipinski definition) is 5. The first-order valence-corrected chi connectivity index (χ1v) is 3.71. The summed E-state index contributed by atoms with van der Waals surface area (Å²) in [6.07, 6.45) is -4.53. The molecule has 1 aliphatic heterocycles. The molecule has 6 heteroatoms. The maximum Gasteiger partial charge on any atom is 0.211 e. The quantitative estimate of drug-likeness (QED) is 0.282. The van der Waals surface area contributed by atoms with Gasteiger partial charge in [-0.1, -0.05) is 0 Å². The molecular weight excluding hydrogens is 166 g/mol. The molecule has 0 aromatic carbocycles. The molecule has 1 rings (SSSR count). The van der Waals surface area contributed by atoms with Gasteiger partial charge in [-0.05, 0) is 0 Å². The zero-order chi connectivity index (χ0) is 9.30. The molecule has 1 saturated heterocycles. The van der Waals surface area contributed by atoms with Crippen LogP contribution in [-0.4, -0.2) is 57.7 Å². The SMILES string of the molecule is [NH3+][C@H]1[C@H](O)[C@@H](O)[C@H](CO)O[C@@H]1O. The summed E-state index contributed by atoms with van der Waals surface area (Å²) < 4.78 is 4.76. The third-order valence-corrected chi connectivity index (χ3v) is 2.03. The molecule has 12 heavy (non-hydrogen) atoms. The maximum absolute atomic E-state index is 9.25. The number of hydrogen-bond donors (Lipinski definition) is 5. The molecule has 5 atom stereocenters. The van der Waals surface area contributed by atoms with E-state index >= 15 is 0 Å². The summed E-state index contributed by atoms with van der Waals surface area (Å²) >= 11 is 0. The van der Waals surface area contributed by atoms with Crippen molar-refractivity contribution in [1.82, 2.24) is 0 Å². The van der Waals surface area contributed by atoms with Crippen LogP contribution in [0.3, 0.4) is 0 Å². The fraction of sp³-hybridized carbons (Fsp3) is 1.00. The molecule has 0 unspecified atom stereocenters. The second kappa shape index (κ2) is 3.65. The number of aliphatic hydroxyl groups is 4. The predicted octanol–water partition coefficient (Wildman–Crippen LogP) is -3.97. The van der Waals surface area contributed by atoms with Gasteiger partial charge in [0.1, 0.15) is 18.3 Å². The van der Waals surface area contributed by atoms with Crippen molar-refractivity contribution in [2.75, 3.05) is 6.61 Å². The van der Waals surface area contributed by atoms with Crippen LogP contribution in [0.4, 0.5) is 0 Å². The standard InChI is InChI=1S/C6H13NO5/c7-3-5(10)4(9)2(1-8)12-6(3)11/h2-6,8-11H,1,7H2/p+1/t2-,3-,4-,5-,6-/m0/s1. The number of aliphatic hydroxyl groups excluding tert-OH is 4. The van der Waals surface area contributed by atoms with Crippen molar-refractivity contribution >= 4 is 0 Å². The van der Waals surface area contributed by atoms with Crippen LogP contribution in [0, 0.1) is 0 Å². The minimum absolute atomic E-state index is 0.442. The Morgan fingerprint density at radius 2 is 1.75 bits per heavy atom. The Balaban J connectivity index is 2.63. The monoisotopic (exact) mass is 180 g/mol. The first-order chi connectivity index (χ1) is 5.57. The van der Waals surface area contributed by atoms with E-state index < -0.39 is 37.3 Å². The second-order valence-electron chi connectivity index (χ2n) is 2.89. The van der Waals surface area contributed by atoms with E-state index in [0.29, 0.717) is 0 Å². The Hall–Kier alpha value is -0.240. The molecule has 0 aliphatic carbocycles. The van der Waals surface area contributed by atoms with E-state index in [9.17, 15) is 10.2 Å². The van der Waals surface area contributed by atoms with Crippen molar-refractivity contribution in [3.63, 3.8) is 0 Å². The molecule has 6 nitrogen and oxygen atoms in total. The highest BCUT2D eigenvalue weighted by atomic mass is 16.6. The summed E-state index contributed by atoms with van der Waals surface area (Å²) in [5.74, 6) is 0. The first kappa shape index (κ1) is 9.85. The van der Waals surface area contributed by atoms with E-state index in [4.69, 9.17) is 14.9 Å². The Morgan fingerprint density at radius 1 is 1.17 bits per heavy atom. The van der Waals surface area contributed by atoms with Crippen LogP contribution >= 0.6 is 0 Å². The lowest BCUT2D eigenvalue weighted by atomic mass is 9.98. The van der Waals surface area contributed by atoms with E-state index in [-0.39, 0.29) is 0 Å². The van der Waals surface area contributed by atoms with Crippen LogP contribution in [0.1, 0.15) is 0 Å². The lowest BCUT2D eigenvalue weighted by Crippen LogP contribution is -2.77. The van der Waals surface area contributed by atoms with Gasteiger partial charge in [0.15, 0.2) is 6.04 Å². The topological polar surface area (TPSA) is 118 Å². The molecule has 1 heterocycles. The van der Waals surface area contributed by atoms with Crippen molar-refractivity contribution in [3.05, 3.63) is 0 Å². The summed E-state index contributed by atoms with van der Waals surface area (Å²) in [5, 5.41) is 36.3. The van der Waals surface area contributed by atoms with Gasteiger partial charge in [-0.3, -0.25) is 0 Å². The molecule has 0 amide bonds. The lowest BCUT2D eigenvalue weighted by molar-refractivity contribution is -0.497. The van der Waals surface area contributed by atoms with E-state index in [2.05, 4.69) is 5.73 Å². The van der Waals surface area contributed by atoms with Gasteiger partial charge in [-0.25, -0.2) is 0 Å². The second-order valence-corrected chi connectivity index (χ2v) is 2.89. The molecule has 0 saturated carbocycles. The third-order valence-electron chi connectivity index (χ3n) is 2.03. The van der Waals surface area contributed by atoms with Crippen LogP contribution in [0.2, 0.25) is 0 Å². The average Bonchev–Trinajstić information content (AvgIpc) is 2.08. The minimum Gasteiger partial charge on any atom is -0.394 e. The molecule has 1 aliphatic rings. The van der Waals surface area contributed by atoms with Crippen LogP contribution in [0.15, 0.2) is 0 Å². The van der Waals surface area contributed by atoms with Gasteiger partial charge in [-0.2, -0.15) is 0 Å². The van der Waals surface area contributed by atoms with Gasteiger partial charge in [-0.15, -0.1) is 0 Å². The highest BCUT2D eigenvalue weighted by Crippen LogP contribution is 2.16. The maximum atomic E-state index is 9.25. The summed E-state index contributed by atoms with van der Waals surface area (Å²) in [6, 6.07) is -0.789. The Bertz CT molecular complexity index is 150. The number of quaternary nitrogens is 1. The summed E-state index contributed by atoms with van der Waals surface area (Å²) in [5.41, 5.74) is 3.41. The summed E-state index contributed by atoms with van der Waals surface area (Å²) in [6.45, 7) is -0.442. The normalized spacial score (nSPS) is 49.2. The van der Waals surface area contributed by atoms with Crippen LogP contribution in [-0.2, 0) is 4.74 Å². The number of rotatable bonds is 1. The van der Waals surface area contributed by atoms with Crippen molar-refractivity contribution in [1.29, 1.82) is 0 Å². The predicted molar refractivity (Wildman–Crippen MR) is 36.7 cm³/mol. The Morgan fingerprint density at radius 3 is 2.25 bits per heavy atom. The van der Waals surface area contributed by atoms with Crippen LogP contribution in [0.5, 0.6) is 0 Å². The van der Waals surface area contributed by atoms with E-state index in [0.717, 1.165) is 0 Å². The van der Waals surface area contributed by atoms with Crippen molar-refractivity contribution < 1.29 is 30.9 Å². The third kappa shape index (κ3) is 1.58. The molecule has 0 bridgehead atoms. The average molecular weight is 180 g/mol. The first-order valence-electron chi connectivity index (χ1n) is 3.71. The number of ether oxygens (including phenoxy) is 1. The molecule has 0 aromatic rings. The summed E-state index contributed by atoms with van der Waals surface area (Å²) in [7, 11) is 0. The molecule has 0 radical (unpaired) electrons. The molecule has 0 spiro atoms. The van der Waals surface area contributed by atoms with E-state index in [1.165, 1.54) is 0 Å². The molecular formula is C6H14NO5+. The van der Waals surface area contributed by atoms with Crippen molar-refractivity contribution in [2.45, 2.75) is 30.6 Å². The van der Waals surface area contributed by atoms with Gasteiger partial charge in [0.2, 0.25) is 6.29 Å². The van der Waals surface area contributed by atoms with E-state index in [1.807, 2.05) is 0 Å². The molecule has 72 valence electrons. The van der Waals surface area contributed by atoms with Gasteiger partial charge in [0, 0.05) is 0 Å². The largest absolute Gasteiger partial charge is 0.394 e. The van der Waals surface area contributed by atoms with Gasteiger partial charge < -0.3 is 30.9 Å². The zero-order valence-electron chi connectivity index (χ0n) is 6.50. The van der Waals surface area contributed by atoms with Gasteiger partial charge >= 0.3 is 0 Å². The van der Waals surface area contributed by atoms with Crippen LogP contribution in [0.25, 0.3) is 0 Å². The van der Waals surface area contributed by atoms with Crippen molar-refractivity contribution in [2.24, 2.45) is 0 Å². The minimum atomic E-state index is -1.24. The lowest BCUT2D eigenvalue weighted by Gasteiger charge is -2.36. The highest BCUT2D eigenvalue weighted by Gasteiger charge is 2.43. The van der Waals surface area contributed by atoms with E-state index in [1.54, 1.807) is 0 Å². The molecule has 1 fully saturated rings. The van der Waals surface area contributed by atoms with Crippen LogP contribution < -0.4 is 5.73 Å². The Labute approximate surface area is 69.2 Å². The van der Waals surface area contributed by atoms with Gasteiger partial charge in [0.25, 0.3) is 0 Å². The van der Waals surface area contributed by atoms with Crippen molar-refractivity contribution in [3.8, 4) is 0 Å². The molecule has 0 aromatic heterocycles. The van der Waals surface area contributed by atoms with Gasteiger partial charge in [0.05, 0.1) is 6.61 Å². The highest BCUT2D eigenvalue weighted by molar-refractivity contribution is 4.87.